The Hall–Kier alpha value is -1.38. The number of rotatable bonds is 2. The predicted molar refractivity (Wildman–Crippen MR) is 53.7 cm³/mol. The summed E-state index contributed by atoms with van der Waals surface area (Å²) in [6.07, 6.45) is 6.78. The van der Waals surface area contributed by atoms with Crippen LogP contribution in [0.3, 0.4) is 0 Å². The molecule has 1 aliphatic rings. The van der Waals surface area contributed by atoms with Crippen molar-refractivity contribution in [2.24, 2.45) is 0 Å². The number of hydrogen-bond acceptors (Lipinski definition) is 2. The van der Waals surface area contributed by atoms with Crippen molar-refractivity contribution in [1.82, 2.24) is 9.88 Å². The second kappa shape index (κ2) is 3.78. The lowest BCUT2D eigenvalue weighted by Gasteiger charge is -2.21. The highest BCUT2D eigenvalue weighted by atomic mass is 16.1. The van der Waals surface area contributed by atoms with E-state index in [9.17, 15) is 4.79 Å². The maximum Gasteiger partial charge on any atom is 0.210 e. The Bertz CT molecular complexity index is 338. The number of carbonyl (C=O) groups excluding carboxylic acids is 1. The average molecular weight is 190 g/mol. The smallest absolute Gasteiger partial charge is 0.210 e. The van der Waals surface area contributed by atoms with Crippen molar-refractivity contribution in [3.8, 4) is 0 Å². The zero-order chi connectivity index (χ0) is 9.97. The van der Waals surface area contributed by atoms with Gasteiger partial charge < -0.3 is 4.90 Å². The molecule has 3 nitrogen and oxygen atoms in total. The van der Waals surface area contributed by atoms with Gasteiger partial charge in [0.05, 0.1) is 6.04 Å². The molecule has 1 aliphatic heterocycles. The van der Waals surface area contributed by atoms with Gasteiger partial charge in [-0.2, -0.15) is 0 Å². The fraction of sp³-hybridized carbons (Fsp3) is 0.455. The number of hydrogen-bond donors (Lipinski definition) is 0. The van der Waals surface area contributed by atoms with Gasteiger partial charge in [0, 0.05) is 18.9 Å². The monoisotopic (exact) mass is 190 g/mol. The summed E-state index contributed by atoms with van der Waals surface area (Å²) in [6, 6.07) is 2.29. The third kappa shape index (κ3) is 1.50. The van der Waals surface area contributed by atoms with Gasteiger partial charge in [-0.05, 0) is 37.0 Å². The first-order chi connectivity index (χ1) is 6.83. The first kappa shape index (κ1) is 9.19. The van der Waals surface area contributed by atoms with Crippen molar-refractivity contribution >= 4 is 6.41 Å². The fourth-order valence-electron chi connectivity index (χ4n) is 2.11. The highest BCUT2D eigenvalue weighted by molar-refractivity contribution is 5.50. The number of nitrogens with zero attached hydrogens (tertiary/aromatic N) is 2. The molecule has 0 aromatic carbocycles. The first-order valence-corrected chi connectivity index (χ1v) is 4.94. The number of carbonyl (C=O) groups is 1. The summed E-state index contributed by atoms with van der Waals surface area (Å²) in [6.45, 7) is 2.93. The van der Waals surface area contributed by atoms with E-state index in [1.807, 2.05) is 24.1 Å². The second-order valence-electron chi connectivity index (χ2n) is 3.73. The van der Waals surface area contributed by atoms with Gasteiger partial charge in [0.25, 0.3) is 0 Å². The van der Waals surface area contributed by atoms with Gasteiger partial charge in [-0.3, -0.25) is 9.78 Å². The summed E-state index contributed by atoms with van der Waals surface area (Å²) in [5, 5.41) is 0. The van der Waals surface area contributed by atoms with Crippen LogP contribution in [0, 0.1) is 6.92 Å². The Morgan fingerprint density at radius 2 is 2.50 bits per heavy atom. The van der Waals surface area contributed by atoms with Gasteiger partial charge in [-0.15, -0.1) is 0 Å². The molecule has 2 heterocycles. The Balaban J connectivity index is 2.30. The molecule has 2 rings (SSSR count). The van der Waals surface area contributed by atoms with E-state index in [1.54, 1.807) is 6.20 Å². The molecule has 0 bridgehead atoms. The van der Waals surface area contributed by atoms with Gasteiger partial charge in [0.15, 0.2) is 0 Å². The normalized spacial score (nSPS) is 21.2. The van der Waals surface area contributed by atoms with Crippen LogP contribution in [-0.2, 0) is 4.79 Å². The largest absolute Gasteiger partial charge is 0.338 e. The minimum absolute atomic E-state index is 0.274. The van der Waals surface area contributed by atoms with Gasteiger partial charge in [0.1, 0.15) is 0 Å². The van der Waals surface area contributed by atoms with Crippen LogP contribution < -0.4 is 0 Å². The molecule has 1 aromatic heterocycles. The molecular weight excluding hydrogens is 176 g/mol. The van der Waals surface area contributed by atoms with Crippen LogP contribution in [0.4, 0.5) is 0 Å². The number of likely N-dealkylation sites (tertiary alicyclic amines) is 1. The fourth-order valence-corrected chi connectivity index (χ4v) is 2.11. The van der Waals surface area contributed by atoms with Crippen molar-refractivity contribution in [3.63, 3.8) is 0 Å². The maximum absolute atomic E-state index is 10.8. The van der Waals surface area contributed by atoms with Crippen molar-refractivity contribution in [2.75, 3.05) is 6.54 Å². The van der Waals surface area contributed by atoms with Crippen LogP contribution in [-0.4, -0.2) is 22.8 Å². The molecule has 1 saturated heterocycles. The van der Waals surface area contributed by atoms with Gasteiger partial charge >= 0.3 is 0 Å². The molecule has 14 heavy (non-hydrogen) atoms. The number of amides is 1. The molecule has 1 atom stereocenters. The number of pyridine rings is 1. The number of aryl methyl sites for hydroxylation is 1. The van der Waals surface area contributed by atoms with E-state index in [4.69, 9.17) is 0 Å². The molecule has 0 N–H and O–H groups in total. The number of aromatic nitrogens is 1. The van der Waals surface area contributed by atoms with Crippen molar-refractivity contribution in [3.05, 3.63) is 29.6 Å². The minimum Gasteiger partial charge on any atom is -0.338 e. The third-order valence-corrected chi connectivity index (χ3v) is 2.85. The summed E-state index contributed by atoms with van der Waals surface area (Å²) >= 11 is 0. The first-order valence-electron chi connectivity index (χ1n) is 4.94. The maximum atomic E-state index is 10.8. The lowest BCUT2D eigenvalue weighted by atomic mass is 10.0. The van der Waals surface area contributed by atoms with E-state index in [0.29, 0.717) is 0 Å². The van der Waals surface area contributed by atoms with E-state index in [-0.39, 0.29) is 6.04 Å². The highest BCUT2D eigenvalue weighted by Crippen LogP contribution is 2.31. The summed E-state index contributed by atoms with van der Waals surface area (Å²) < 4.78 is 0. The quantitative estimate of drug-likeness (QED) is 0.665. The van der Waals surface area contributed by atoms with Crippen LogP contribution in [0.25, 0.3) is 0 Å². The van der Waals surface area contributed by atoms with Crippen LogP contribution in [0.2, 0.25) is 0 Å². The molecule has 0 saturated carbocycles. The predicted octanol–water partition coefficient (Wildman–Crippen LogP) is 1.68. The van der Waals surface area contributed by atoms with E-state index in [0.717, 1.165) is 25.8 Å². The SMILES string of the molecule is Cc1cnccc1C1CCCN1C=O. The summed E-state index contributed by atoms with van der Waals surface area (Å²) in [4.78, 5) is 16.8. The van der Waals surface area contributed by atoms with Gasteiger partial charge in [-0.25, -0.2) is 0 Å². The molecule has 1 aromatic rings. The molecule has 3 heteroatoms. The summed E-state index contributed by atoms with van der Waals surface area (Å²) in [5.74, 6) is 0. The average Bonchev–Trinajstić information content (AvgIpc) is 2.66. The van der Waals surface area contributed by atoms with E-state index >= 15 is 0 Å². The molecule has 1 fully saturated rings. The molecule has 0 aliphatic carbocycles. The minimum atomic E-state index is 0.274. The molecule has 0 radical (unpaired) electrons. The standard InChI is InChI=1S/C11H14N2O/c1-9-7-12-5-4-10(9)11-3-2-6-13(11)8-14/h4-5,7-8,11H,2-3,6H2,1H3. The molecule has 0 spiro atoms. The third-order valence-electron chi connectivity index (χ3n) is 2.85. The van der Waals surface area contributed by atoms with Crippen LogP contribution >= 0.6 is 0 Å². The highest BCUT2D eigenvalue weighted by Gasteiger charge is 2.25. The van der Waals surface area contributed by atoms with E-state index in [1.165, 1.54) is 11.1 Å². The lowest BCUT2D eigenvalue weighted by Crippen LogP contribution is -2.21. The zero-order valence-electron chi connectivity index (χ0n) is 8.31. The van der Waals surface area contributed by atoms with Gasteiger partial charge in [0.2, 0.25) is 6.41 Å². The lowest BCUT2D eigenvalue weighted by molar-refractivity contribution is -0.118. The Morgan fingerprint density at radius 3 is 3.21 bits per heavy atom. The van der Waals surface area contributed by atoms with Crippen LogP contribution in [0.1, 0.15) is 30.0 Å². The van der Waals surface area contributed by atoms with Crippen LogP contribution in [0.5, 0.6) is 0 Å². The van der Waals surface area contributed by atoms with Gasteiger partial charge in [-0.1, -0.05) is 0 Å². The summed E-state index contributed by atoms with van der Waals surface area (Å²) in [5.41, 5.74) is 2.41. The summed E-state index contributed by atoms with van der Waals surface area (Å²) in [7, 11) is 0. The topological polar surface area (TPSA) is 33.2 Å². The van der Waals surface area contributed by atoms with Crippen molar-refractivity contribution in [2.45, 2.75) is 25.8 Å². The molecule has 1 unspecified atom stereocenters. The Kier molecular flexibility index (Phi) is 2.48. The molecule has 1 amide bonds. The van der Waals surface area contributed by atoms with Crippen LogP contribution in [0.15, 0.2) is 18.5 Å². The van der Waals surface area contributed by atoms with E-state index in [2.05, 4.69) is 4.98 Å². The second-order valence-corrected chi connectivity index (χ2v) is 3.73. The zero-order valence-corrected chi connectivity index (χ0v) is 8.31. The Labute approximate surface area is 83.8 Å². The van der Waals surface area contributed by atoms with Crippen molar-refractivity contribution in [1.29, 1.82) is 0 Å². The van der Waals surface area contributed by atoms with Crippen molar-refractivity contribution < 1.29 is 4.79 Å². The molecule has 74 valence electrons. The Morgan fingerprint density at radius 1 is 1.64 bits per heavy atom. The van der Waals surface area contributed by atoms with E-state index < -0.39 is 0 Å². The molecular formula is C11H14N2O.